The molecule has 0 saturated heterocycles. The number of aryl methyl sites for hydroxylation is 1. The van der Waals surface area contributed by atoms with E-state index in [1.54, 1.807) is 20.4 Å². The van der Waals surface area contributed by atoms with E-state index in [1.807, 2.05) is 26.0 Å². The minimum Gasteiger partial charge on any atom is -0.493 e. The zero-order chi connectivity index (χ0) is 15.4. The number of aromatic nitrogens is 2. The van der Waals surface area contributed by atoms with E-state index in [1.165, 1.54) is 0 Å². The third kappa shape index (κ3) is 2.99. The summed E-state index contributed by atoms with van der Waals surface area (Å²) in [6.45, 7) is 4.32. The minimum absolute atomic E-state index is 0.277. The Morgan fingerprint density at radius 1 is 1.14 bits per heavy atom. The molecule has 6 heteroatoms. The van der Waals surface area contributed by atoms with E-state index in [0.29, 0.717) is 29.7 Å². The number of nitrogens with zero attached hydrogens (tertiary/aromatic N) is 2. The molecule has 112 valence electrons. The monoisotopic (exact) mass is 289 g/mol. The highest BCUT2D eigenvalue weighted by Crippen LogP contribution is 2.35. The summed E-state index contributed by atoms with van der Waals surface area (Å²) in [6.07, 6.45) is 1.62. The predicted molar refractivity (Wildman–Crippen MR) is 80.9 cm³/mol. The van der Waals surface area contributed by atoms with E-state index in [0.717, 1.165) is 11.1 Å². The van der Waals surface area contributed by atoms with Gasteiger partial charge in [-0.3, -0.25) is 0 Å². The summed E-state index contributed by atoms with van der Waals surface area (Å²) >= 11 is 0. The van der Waals surface area contributed by atoms with E-state index >= 15 is 0 Å². The summed E-state index contributed by atoms with van der Waals surface area (Å²) in [6, 6.07) is 3.76. The van der Waals surface area contributed by atoms with Crippen molar-refractivity contribution in [2.24, 2.45) is 0 Å². The van der Waals surface area contributed by atoms with Crippen LogP contribution in [0.2, 0.25) is 0 Å². The van der Waals surface area contributed by atoms with Gasteiger partial charge in [0, 0.05) is 5.56 Å². The normalized spacial score (nSPS) is 10.3. The Labute approximate surface area is 123 Å². The van der Waals surface area contributed by atoms with Crippen LogP contribution in [0.25, 0.3) is 11.3 Å². The van der Waals surface area contributed by atoms with Crippen molar-refractivity contribution < 1.29 is 14.2 Å². The molecule has 0 radical (unpaired) electrons. The zero-order valence-electron chi connectivity index (χ0n) is 12.6. The molecule has 0 fully saturated rings. The summed E-state index contributed by atoms with van der Waals surface area (Å²) < 4.78 is 16.0. The molecule has 0 aliphatic carbocycles. The van der Waals surface area contributed by atoms with Crippen molar-refractivity contribution in [1.29, 1.82) is 0 Å². The first-order valence-electron chi connectivity index (χ1n) is 6.59. The second-order valence-corrected chi connectivity index (χ2v) is 4.40. The van der Waals surface area contributed by atoms with Crippen LogP contribution in [-0.2, 0) is 0 Å². The standard InChI is InChI=1S/C15H19N3O3/c1-5-21-15-14(16)17-8-11(18-15)10-7-13(20-4)12(19-3)6-9(10)2/h6-8H,5H2,1-4H3,(H2,16,17). The van der Waals surface area contributed by atoms with Crippen LogP contribution < -0.4 is 19.9 Å². The van der Waals surface area contributed by atoms with Gasteiger partial charge in [-0.2, -0.15) is 0 Å². The van der Waals surface area contributed by atoms with E-state index < -0.39 is 0 Å². The molecule has 2 rings (SSSR count). The molecule has 0 spiro atoms. The van der Waals surface area contributed by atoms with Crippen LogP contribution in [0.3, 0.4) is 0 Å². The Morgan fingerprint density at radius 2 is 1.81 bits per heavy atom. The van der Waals surface area contributed by atoms with Gasteiger partial charge in [0.05, 0.1) is 32.7 Å². The van der Waals surface area contributed by atoms with Crippen LogP contribution >= 0.6 is 0 Å². The van der Waals surface area contributed by atoms with Gasteiger partial charge in [-0.05, 0) is 31.5 Å². The maximum atomic E-state index is 5.75. The maximum absolute atomic E-state index is 5.75. The molecule has 0 atom stereocenters. The number of nitrogen functional groups attached to an aromatic ring is 1. The molecule has 0 bridgehead atoms. The van der Waals surface area contributed by atoms with E-state index in [-0.39, 0.29) is 5.82 Å². The topological polar surface area (TPSA) is 79.5 Å². The van der Waals surface area contributed by atoms with E-state index in [4.69, 9.17) is 19.9 Å². The summed E-state index contributed by atoms with van der Waals surface area (Å²) in [5.41, 5.74) is 8.31. The Kier molecular flexibility index (Phi) is 4.47. The summed E-state index contributed by atoms with van der Waals surface area (Å²) in [5, 5.41) is 0. The van der Waals surface area contributed by atoms with Crippen LogP contribution in [0.5, 0.6) is 17.4 Å². The fraction of sp³-hybridized carbons (Fsp3) is 0.333. The largest absolute Gasteiger partial charge is 0.493 e. The van der Waals surface area contributed by atoms with Crippen molar-refractivity contribution >= 4 is 5.82 Å². The van der Waals surface area contributed by atoms with Crippen LogP contribution in [0.1, 0.15) is 12.5 Å². The van der Waals surface area contributed by atoms with E-state index in [2.05, 4.69) is 9.97 Å². The molecular weight excluding hydrogens is 270 g/mol. The predicted octanol–water partition coefficient (Wildman–Crippen LogP) is 2.45. The van der Waals surface area contributed by atoms with Crippen molar-refractivity contribution in [3.8, 4) is 28.6 Å². The number of ether oxygens (including phenoxy) is 3. The molecular formula is C15H19N3O3. The van der Waals surface area contributed by atoms with Crippen LogP contribution in [0.4, 0.5) is 5.82 Å². The van der Waals surface area contributed by atoms with Gasteiger partial charge in [-0.25, -0.2) is 9.97 Å². The Balaban J connectivity index is 2.53. The van der Waals surface area contributed by atoms with Gasteiger partial charge in [0.15, 0.2) is 17.3 Å². The van der Waals surface area contributed by atoms with Crippen molar-refractivity contribution in [1.82, 2.24) is 9.97 Å². The molecule has 0 aliphatic heterocycles. The van der Waals surface area contributed by atoms with Crippen molar-refractivity contribution in [3.05, 3.63) is 23.9 Å². The van der Waals surface area contributed by atoms with Gasteiger partial charge in [0.25, 0.3) is 5.88 Å². The minimum atomic E-state index is 0.277. The molecule has 1 aromatic heterocycles. The second-order valence-electron chi connectivity index (χ2n) is 4.40. The molecule has 2 N–H and O–H groups in total. The molecule has 0 amide bonds. The number of methoxy groups -OCH3 is 2. The first kappa shape index (κ1) is 14.9. The van der Waals surface area contributed by atoms with Gasteiger partial charge in [-0.1, -0.05) is 0 Å². The summed E-state index contributed by atoms with van der Waals surface area (Å²) in [4.78, 5) is 8.55. The smallest absolute Gasteiger partial charge is 0.257 e. The van der Waals surface area contributed by atoms with Crippen molar-refractivity contribution in [2.75, 3.05) is 26.6 Å². The lowest BCUT2D eigenvalue weighted by atomic mass is 10.0. The maximum Gasteiger partial charge on any atom is 0.257 e. The molecule has 6 nitrogen and oxygen atoms in total. The van der Waals surface area contributed by atoms with Crippen LogP contribution in [-0.4, -0.2) is 30.8 Å². The zero-order valence-corrected chi connectivity index (χ0v) is 12.6. The third-order valence-corrected chi connectivity index (χ3v) is 3.05. The SMILES string of the molecule is CCOc1nc(-c2cc(OC)c(OC)cc2C)cnc1N. The van der Waals surface area contributed by atoms with Gasteiger partial charge in [0.1, 0.15) is 0 Å². The van der Waals surface area contributed by atoms with E-state index in [9.17, 15) is 0 Å². The highest BCUT2D eigenvalue weighted by molar-refractivity contribution is 5.68. The first-order valence-corrected chi connectivity index (χ1v) is 6.59. The molecule has 0 unspecified atom stereocenters. The number of anilines is 1. The van der Waals surface area contributed by atoms with Gasteiger partial charge in [0.2, 0.25) is 0 Å². The Morgan fingerprint density at radius 3 is 2.43 bits per heavy atom. The molecule has 0 aliphatic rings. The fourth-order valence-electron chi connectivity index (χ4n) is 2.01. The average molecular weight is 289 g/mol. The van der Waals surface area contributed by atoms with Crippen LogP contribution in [0.15, 0.2) is 18.3 Å². The van der Waals surface area contributed by atoms with Gasteiger partial charge in [-0.15, -0.1) is 0 Å². The number of hydrogen-bond acceptors (Lipinski definition) is 6. The summed E-state index contributed by atoms with van der Waals surface area (Å²) in [5.74, 6) is 1.92. The first-order chi connectivity index (χ1) is 10.1. The Hall–Kier alpha value is -2.50. The highest BCUT2D eigenvalue weighted by Gasteiger charge is 2.13. The molecule has 0 saturated carbocycles. The third-order valence-electron chi connectivity index (χ3n) is 3.05. The number of rotatable bonds is 5. The number of hydrogen-bond donors (Lipinski definition) is 1. The molecule has 1 heterocycles. The average Bonchev–Trinajstić information content (AvgIpc) is 2.49. The second kappa shape index (κ2) is 6.30. The van der Waals surface area contributed by atoms with Crippen molar-refractivity contribution in [2.45, 2.75) is 13.8 Å². The number of nitrogens with two attached hydrogens (primary N) is 1. The lowest BCUT2D eigenvalue weighted by Crippen LogP contribution is -2.03. The van der Waals surface area contributed by atoms with Gasteiger partial charge >= 0.3 is 0 Å². The molecule has 21 heavy (non-hydrogen) atoms. The number of benzene rings is 1. The lowest BCUT2D eigenvalue weighted by Gasteiger charge is -2.13. The lowest BCUT2D eigenvalue weighted by molar-refractivity contribution is 0.328. The quantitative estimate of drug-likeness (QED) is 0.910. The van der Waals surface area contributed by atoms with Gasteiger partial charge < -0.3 is 19.9 Å². The van der Waals surface area contributed by atoms with Crippen molar-refractivity contribution in [3.63, 3.8) is 0 Å². The molecule has 2 aromatic rings. The highest BCUT2D eigenvalue weighted by atomic mass is 16.5. The Bertz CT molecular complexity index is 644. The summed E-state index contributed by atoms with van der Waals surface area (Å²) in [7, 11) is 3.20. The molecule has 1 aromatic carbocycles. The van der Waals surface area contributed by atoms with Crippen LogP contribution in [0, 0.1) is 6.92 Å². The fourth-order valence-corrected chi connectivity index (χ4v) is 2.01.